The molecule has 4 rings (SSSR count). The molecule has 0 bridgehead atoms. The minimum Gasteiger partial charge on any atom is -0.493 e. The van der Waals surface area contributed by atoms with Crippen molar-refractivity contribution >= 4 is 23.1 Å². The molecular formula is C28H27ClF3N3O4. The summed E-state index contributed by atoms with van der Waals surface area (Å²) in [5, 5.41) is 10.3. The Morgan fingerprint density at radius 2 is 1.69 bits per heavy atom. The van der Waals surface area contributed by atoms with Gasteiger partial charge in [-0.2, -0.15) is 18.4 Å². The van der Waals surface area contributed by atoms with Crippen molar-refractivity contribution in [1.82, 2.24) is 0 Å². The van der Waals surface area contributed by atoms with Gasteiger partial charge in [0.1, 0.15) is 5.82 Å². The van der Waals surface area contributed by atoms with Crippen molar-refractivity contribution in [2.24, 2.45) is 11.1 Å². The molecule has 2 aliphatic rings. The van der Waals surface area contributed by atoms with Gasteiger partial charge in [-0.15, -0.1) is 0 Å². The second-order valence-corrected chi connectivity index (χ2v) is 10.5. The van der Waals surface area contributed by atoms with Crippen molar-refractivity contribution in [3.8, 4) is 23.3 Å². The summed E-state index contributed by atoms with van der Waals surface area (Å²) in [6.45, 7) is 3.77. The predicted octanol–water partition coefficient (Wildman–Crippen LogP) is 6.33. The number of rotatable bonds is 5. The van der Waals surface area contributed by atoms with Crippen LogP contribution in [0, 0.1) is 16.7 Å². The first-order chi connectivity index (χ1) is 18.3. The van der Waals surface area contributed by atoms with Gasteiger partial charge in [0.15, 0.2) is 17.3 Å². The topological polar surface area (TPSA) is 97.8 Å². The predicted molar refractivity (Wildman–Crippen MR) is 140 cm³/mol. The van der Waals surface area contributed by atoms with Crippen LogP contribution in [0.3, 0.4) is 0 Å². The quantitative estimate of drug-likeness (QED) is 0.456. The molecule has 0 amide bonds. The maximum atomic E-state index is 13.8. The van der Waals surface area contributed by atoms with Crippen LogP contribution in [0.2, 0.25) is 5.02 Å². The zero-order valence-electron chi connectivity index (χ0n) is 22.0. The third-order valence-corrected chi connectivity index (χ3v) is 7.24. The van der Waals surface area contributed by atoms with Crippen LogP contribution in [0.5, 0.6) is 17.2 Å². The van der Waals surface area contributed by atoms with Gasteiger partial charge in [0.25, 0.3) is 0 Å². The highest BCUT2D eigenvalue weighted by Crippen LogP contribution is 2.53. The number of alkyl halides is 3. The van der Waals surface area contributed by atoms with Crippen molar-refractivity contribution < 1.29 is 32.2 Å². The third kappa shape index (κ3) is 4.87. The normalized spacial score (nSPS) is 19.0. The molecule has 206 valence electrons. The molecule has 0 spiro atoms. The summed E-state index contributed by atoms with van der Waals surface area (Å²) in [5.74, 6) is -0.385. The number of anilines is 1. The molecule has 39 heavy (non-hydrogen) atoms. The first kappa shape index (κ1) is 28.2. The number of nitrogens with zero attached hydrogens (tertiary/aromatic N) is 2. The van der Waals surface area contributed by atoms with Crippen LogP contribution in [-0.2, 0) is 11.0 Å². The fraction of sp³-hybridized carbons (Fsp3) is 0.357. The van der Waals surface area contributed by atoms with Gasteiger partial charge in [0.05, 0.1) is 55.2 Å². The van der Waals surface area contributed by atoms with E-state index in [0.29, 0.717) is 34.9 Å². The first-order valence-corrected chi connectivity index (χ1v) is 12.3. The number of benzene rings is 2. The van der Waals surface area contributed by atoms with Crippen LogP contribution in [0.15, 0.2) is 53.0 Å². The summed E-state index contributed by atoms with van der Waals surface area (Å²) in [5.41, 5.74) is 6.11. The fourth-order valence-corrected chi connectivity index (χ4v) is 5.45. The summed E-state index contributed by atoms with van der Waals surface area (Å²) in [7, 11) is 4.32. The molecule has 1 aliphatic carbocycles. The summed E-state index contributed by atoms with van der Waals surface area (Å²) >= 11 is 6.42. The lowest BCUT2D eigenvalue weighted by Crippen LogP contribution is -2.42. The second kappa shape index (κ2) is 10.0. The monoisotopic (exact) mass is 561 g/mol. The molecule has 2 N–H and O–H groups in total. The number of hydrogen-bond acceptors (Lipinski definition) is 7. The van der Waals surface area contributed by atoms with E-state index in [-0.39, 0.29) is 39.9 Å². The molecule has 1 atom stereocenters. The Morgan fingerprint density at radius 1 is 1.08 bits per heavy atom. The Balaban J connectivity index is 2.06. The number of methoxy groups -OCH3 is 3. The van der Waals surface area contributed by atoms with Crippen molar-refractivity contribution in [1.29, 1.82) is 5.26 Å². The molecule has 1 heterocycles. The van der Waals surface area contributed by atoms with Crippen LogP contribution < -0.4 is 24.8 Å². The number of carbonyl (C=O) groups is 1. The van der Waals surface area contributed by atoms with Gasteiger partial charge in [-0.1, -0.05) is 25.4 Å². The van der Waals surface area contributed by atoms with Gasteiger partial charge in [-0.3, -0.25) is 9.69 Å². The highest BCUT2D eigenvalue weighted by Gasteiger charge is 2.46. The average Bonchev–Trinajstić information content (AvgIpc) is 2.86. The molecule has 7 nitrogen and oxygen atoms in total. The van der Waals surface area contributed by atoms with Crippen molar-refractivity contribution in [2.45, 2.75) is 38.8 Å². The molecule has 11 heteroatoms. The fourth-order valence-electron chi connectivity index (χ4n) is 5.25. The van der Waals surface area contributed by atoms with E-state index >= 15 is 0 Å². The lowest BCUT2D eigenvalue weighted by molar-refractivity contribution is -0.137. The zero-order valence-corrected chi connectivity index (χ0v) is 22.8. The van der Waals surface area contributed by atoms with Gasteiger partial charge in [0, 0.05) is 17.7 Å². The Hall–Kier alpha value is -3.84. The molecule has 1 aliphatic heterocycles. The van der Waals surface area contributed by atoms with Crippen LogP contribution in [0.25, 0.3) is 0 Å². The van der Waals surface area contributed by atoms with E-state index < -0.39 is 23.1 Å². The number of halogens is 4. The molecule has 0 aromatic heterocycles. The number of nitrogens with two attached hydrogens (primary N) is 1. The maximum Gasteiger partial charge on any atom is 0.416 e. The number of ketones is 1. The minimum atomic E-state index is -4.65. The van der Waals surface area contributed by atoms with Gasteiger partial charge < -0.3 is 19.9 Å². The van der Waals surface area contributed by atoms with E-state index in [1.54, 1.807) is 12.1 Å². The van der Waals surface area contributed by atoms with Crippen LogP contribution in [0.1, 0.15) is 43.7 Å². The van der Waals surface area contributed by atoms with E-state index in [1.165, 1.54) is 26.2 Å². The van der Waals surface area contributed by atoms with Crippen molar-refractivity contribution in [2.75, 3.05) is 26.2 Å². The van der Waals surface area contributed by atoms with Crippen LogP contribution >= 0.6 is 11.6 Å². The third-order valence-electron chi connectivity index (χ3n) is 6.92. The zero-order chi connectivity index (χ0) is 28.9. The SMILES string of the molecule is COc1cc([C@@H]2C(C#N)=C(N)N(c3cc(C(F)(F)F)ccc3Cl)C3=C2C(=O)CC(C)(C)C3)cc(OC)c1OC. The maximum absolute atomic E-state index is 13.8. The molecule has 0 fully saturated rings. The number of carbonyl (C=O) groups excluding carboxylic acids is 1. The van der Waals surface area contributed by atoms with E-state index in [1.807, 2.05) is 13.8 Å². The van der Waals surface area contributed by atoms with E-state index in [4.69, 9.17) is 31.5 Å². The lowest BCUT2D eigenvalue weighted by atomic mass is 9.68. The standard InChI is InChI=1S/C28H27ClF3N3O4/c1-27(2)11-19-24(20(36)12-27)23(14-8-21(37-3)25(39-5)22(9-14)38-4)16(13-33)26(34)35(19)18-10-15(28(30,31)32)6-7-17(18)29/h6-10,23H,11-12,34H2,1-5H3/t23-/m1/s1. The van der Waals surface area contributed by atoms with Crippen LogP contribution in [0.4, 0.5) is 18.9 Å². The lowest BCUT2D eigenvalue weighted by Gasteiger charge is -2.44. The number of nitriles is 1. The molecule has 2 aromatic rings. The van der Waals surface area contributed by atoms with Gasteiger partial charge in [-0.25, -0.2) is 0 Å². The number of ether oxygens (including phenoxy) is 3. The summed E-state index contributed by atoms with van der Waals surface area (Å²) in [4.78, 5) is 15.1. The number of hydrogen-bond donors (Lipinski definition) is 1. The highest BCUT2D eigenvalue weighted by atomic mass is 35.5. The number of allylic oxidation sites excluding steroid dienone is 3. The average molecular weight is 562 g/mol. The van der Waals surface area contributed by atoms with E-state index in [0.717, 1.165) is 18.2 Å². The summed E-state index contributed by atoms with van der Waals surface area (Å²) in [6.07, 6.45) is -4.19. The van der Waals surface area contributed by atoms with Gasteiger partial charge in [-0.05, 0) is 47.7 Å². The van der Waals surface area contributed by atoms with Crippen molar-refractivity contribution in [3.05, 3.63) is 69.1 Å². The number of Topliss-reactive ketones (excluding diaryl/α,β-unsaturated/α-hetero) is 1. The second-order valence-electron chi connectivity index (χ2n) is 10.1. The highest BCUT2D eigenvalue weighted by molar-refractivity contribution is 6.33. The Morgan fingerprint density at radius 3 is 2.21 bits per heavy atom. The largest absolute Gasteiger partial charge is 0.493 e. The van der Waals surface area contributed by atoms with E-state index in [9.17, 15) is 23.2 Å². The summed E-state index contributed by atoms with van der Waals surface area (Å²) < 4.78 is 57.3. The van der Waals surface area contributed by atoms with Crippen LogP contribution in [-0.4, -0.2) is 27.1 Å². The Bertz CT molecular complexity index is 1430. The summed E-state index contributed by atoms with van der Waals surface area (Å²) in [6, 6.07) is 8.21. The van der Waals surface area contributed by atoms with Gasteiger partial charge in [0.2, 0.25) is 5.75 Å². The molecular weight excluding hydrogens is 535 g/mol. The smallest absolute Gasteiger partial charge is 0.416 e. The molecule has 2 aromatic carbocycles. The molecule has 0 saturated carbocycles. The minimum absolute atomic E-state index is 0.0165. The molecule has 0 radical (unpaired) electrons. The molecule has 0 unspecified atom stereocenters. The van der Waals surface area contributed by atoms with Gasteiger partial charge >= 0.3 is 6.18 Å². The molecule has 0 saturated heterocycles. The van der Waals surface area contributed by atoms with Crippen molar-refractivity contribution in [3.63, 3.8) is 0 Å². The van der Waals surface area contributed by atoms with E-state index in [2.05, 4.69) is 6.07 Å². The Labute approximate surface area is 229 Å². The Kier molecular flexibility index (Phi) is 7.25. The first-order valence-electron chi connectivity index (χ1n) is 11.9.